The van der Waals surface area contributed by atoms with Crippen LogP contribution >= 0.6 is 11.3 Å². The Labute approximate surface area is 400 Å². The van der Waals surface area contributed by atoms with Gasteiger partial charge in [0, 0.05) is 48.9 Å². The predicted molar refractivity (Wildman–Crippen MR) is 289 cm³/mol. The van der Waals surface area contributed by atoms with Crippen molar-refractivity contribution in [3.63, 3.8) is 0 Å². The number of thiophene rings is 1. The molecule has 0 radical (unpaired) electrons. The molecule has 0 fully saturated rings. The van der Waals surface area contributed by atoms with Crippen LogP contribution in [0.1, 0.15) is 73.9 Å². The van der Waals surface area contributed by atoms with Gasteiger partial charge in [0.15, 0.2) is 7.28 Å². The van der Waals surface area contributed by atoms with Gasteiger partial charge in [0.05, 0.1) is 21.5 Å². The third-order valence-electron chi connectivity index (χ3n) is 16.5. The molecule has 4 aliphatic rings. The van der Waals surface area contributed by atoms with E-state index in [-0.39, 0.29) is 10.8 Å². The molecule has 0 saturated carbocycles. The van der Waals surface area contributed by atoms with Gasteiger partial charge in [0.1, 0.15) is 11.2 Å². The van der Waals surface area contributed by atoms with Crippen LogP contribution in [0.15, 0.2) is 180 Å². The molecular formula is C63H47BN2OS. The third kappa shape index (κ3) is 4.94. The van der Waals surface area contributed by atoms with E-state index < -0.39 is 5.41 Å². The topological polar surface area (TPSA) is 28.4 Å². The number of nitrogens with one attached hydrogen (secondary N) is 1. The van der Waals surface area contributed by atoms with Crippen molar-refractivity contribution >= 4 is 100 Å². The molecule has 4 heterocycles. The second-order valence-electron chi connectivity index (χ2n) is 21.0. The van der Waals surface area contributed by atoms with Crippen molar-refractivity contribution in [1.82, 2.24) is 0 Å². The third-order valence-corrected chi connectivity index (χ3v) is 17.7. The van der Waals surface area contributed by atoms with Gasteiger partial charge in [-0.2, -0.15) is 0 Å². The number of furan rings is 1. The highest BCUT2D eigenvalue weighted by Crippen LogP contribution is 2.64. The number of anilines is 5. The zero-order chi connectivity index (χ0) is 45.3. The molecule has 0 bridgehead atoms. The molecule has 15 rings (SSSR count). The van der Waals surface area contributed by atoms with Crippen molar-refractivity contribution in [2.45, 2.75) is 56.8 Å². The Morgan fingerprint density at radius 3 is 2.01 bits per heavy atom. The smallest absolute Gasteiger partial charge is 0.198 e. The molecule has 11 aromatic rings. The highest BCUT2D eigenvalue weighted by atomic mass is 32.1. The summed E-state index contributed by atoms with van der Waals surface area (Å²) in [6.45, 7) is 9.65. The summed E-state index contributed by atoms with van der Waals surface area (Å²) in [6.07, 6.45) is 2.35. The quantitative estimate of drug-likeness (QED) is 0.179. The van der Waals surface area contributed by atoms with Crippen LogP contribution in [-0.2, 0) is 16.2 Å². The van der Waals surface area contributed by atoms with Crippen LogP contribution in [0.2, 0.25) is 0 Å². The zero-order valence-electron chi connectivity index (χ0n) is 38.6. The van der Waals surface area contributed by atoms with Crippen molar-refractivity contribution in [2.24, 2.45) is 0 Å². The minimum Gasteiger partial charge on any atom is -0.456 e. The van der Waals surface area contributed by atoms with Crippen molar-refractivity contribution in [3.05, 3.63) is 209 Å². The highest BCUT2D eigenvalue weighted by Gasteiger charge is 2.53. The van der Waals surface area contributed by atoms with E-state index in [1.165, 1.54) is 117 Å². The predicted octanol–water partition coefficient (Wildman–Crippen LogP) is 15.6. The summed E-state index contributed by atoms with van der Waals surface area (Å²) >= 11 is 1.93. The monoisotopic (exact) mass is 890 g/mol. The minimum absolute atomic E-state index is 0.0818. The molecule has 9 aromatic carbocycles. The maximum absolute atomic E-state index is 6.78. The molecule has 5 heteroatoms. The zero-order valence-corrected chi connectivity index (χ0v) is 39.4. The minimum atomic E-state index is -0.475. The van der Waals surface area contributed by atoms with Crippen LogP contribution in [0, 0.1) is 0 Å². The maximum Gasteiger partial charge on any atom is 0.198 e. The van der Waals surface area contributed by atoms with E-state index in [4.69, 9.17) is 4.42 Å². The van der Waals surface area contributed by atoms with E-state index in [0.29, 0.717) is 0 Å². The van der Waals surface area contributed by atoms with Gasteiger partial charge in [-0.1, -0.05) is 161 Å². The van der Waals surface area contributed by atoms with Crippen molar-refractivity contribution in [1.29, 1.82) is 0 Å². The summed E-state index contributed by atoms with van der Waals surface area (Å²) in [4.78, 5) is 2.68. The highest BCUT2D eigenvalue weighted by molar-refractivity contribution is 7.26. The average molecular weight is 891 g/mol. The largest absolute Gasteiger partial charge is 0.456 e. The second kappa shape index (κ2) is 13.4. The van der Waals surface area contributed by atoms with Gasteiger partial charge >= 0.3 is 0 Å². The fraction of sp³-hybridized carbons (Fsp3) is 0.143. The molecule has 2 aromatic heterocycles. The van der Waals surface area contributed by atoms with Crippen LogP contribution in [0.5, 0.6) is 0 Å². The Bertz CT molecular complexity index is 3970. The molecular weight excluding hydrogens is 844 g/mol. The molecule has 1 N–H and O–H groups in total. The molecule has 0 amide bonds. The lowest BCUT2D eigenvalue weighted by atomic mass is 9.54. The molecule has 68 heavy (non-hydrogen) atoms. The van der Waals surface area contributed by atoms with Crippen LogP contribution < -0.4 is 21.1 Å². The number of nitrogens with zero attached hydrogens (tertiary/aromatic N) is 1. The van der Waals surface area contributed by atoms with E-state index in [9.17, 15) is 0 Å². The number of hydrogen-bond donors (Lipinski definition) is 1. The van der Waals surface area contributed by atoms with E-state index in [2.05, 4.69) is 214 Å². The van der Waals surface area contributed by atoms with Crippen LogP contribution in [0.3, 0.4) is 0 Å². The summed E-state index contributed by atoms with van der Waals surface area (Å²) in [5.41, 5.74) is 23.6. The first kappa shape index (κ1) is 38.7. The van der Waals surface area contributed by atoms with Gasteiger partial charge in [-0.25, -0.2) is 0 Å². The first-order valence-corrected chi connectivity index (χ1v) is 25.1. The molecule has 1 spiro atoms. The van der Waals surface area contributed by atoms with E-state index in [1.807, 2.05) is 11.3 Å². The molecule has 2 aliphatic heterocycles. The number of fused-ring (bicyclic) bond motifs is 19. The van der Waals surface area contributed by atoms with Gasteiger partial charge in [0.2, 0.25) is 0 Å². The Morgan fingerprint density at radius 2 is 1.21 bits per heavy atom. The SMILES string of the molecule is CC1(C)CCC(C)(C)c2cc(Nc3ccc4oc5ccccc5c4c3-c3cc4c(sc5ccccc54)c4c3Bc3cccc5c3N4c3ccccc3C53c4ccccc4-c4ccccc43)ccc21. The molecule has 0 atom stereocenters. The fourth-order valence-electron chi connectivity index (χ4n) is 13.3. The van der Waals surface area contributed by atoms with Crippen molar-refractivity contribution in [2.75, 3.05) is 10.2 Å². The fourth-order valence-corrected chi connectivity index (χ4v) is 14.6. The lowest BCUT2D eigenvalue weighted by molar-refractivity contribution is 0.332. The normalized spacial score (nSPS) is 16.3. The lowest BCUT2D eigenvalue weighted by Gasteiger charge is -2.48. The molecule has 324 valence electrons. The molecule has 2 aliphatic carbocycles. The summed E-state index contributed by atoms with van der Waals surface area (Å²) < 4.78 is 9.39. The van der Waals surface area contributed by atoms with Gasteiger partial charge in [-0.05, 0) is 128 Å². The molecule has 0 unspecified atom stereocenters. The number of hydrogen-bond acceptors (Lipinski definition) is 4. The standard InChI is InChI=1S/C63H47BN2OS/c1-61(2)32-33-62(3,4)48-34-36(28-29-45(48)61)65-50-30-31-53-56(40-19-7-13-26-52(40)67-53)55(50)42-35-41-39-18-8-14-27-54(39)68-60(41)59-57(42)64-49-24-15-23-47-58(49)66(59)51-25-12-11-22-46(51)63(47)43-20-9-5-16-37(43)38-17-6-10-21-44(38)63/h5-31,34-35,64-65H,32-33H2,1-4H3. The number of rotatable bonds is 3. The summed E-state index contributed by atoms with van der Waals surface area (Å²) in [6, 6.07) is 66.4. The number of para-hydroxylation sites is 3. The lowest BCUT2D eigenvalue weighted by Crippen LogP contribution is -2.47. The van der Waals surface area contributed by atoms with Crippen molar-refractivity contribution < 1.29 is 4.42 Å². The maximum atomic E-state index is 6.78. The van der Waals surface area contributed by atoms with Crippen LogP contribution in [0.4, 0.5) is 28.4 Å². The second-order valence-corrected chi connectivity index (χ2v) is 22.1. The van der Waals surface area contributed by atoms with E-state index in [1.54, 1.807) is 0 Å². The van der Waals surface area contributed by atoms with Gasteiger partial charge in [0.25, 0.3) is 0 Å². The van der Waals surface area contributed by atoms with Gasteiger partial charge in [-0.15, -0.1) is 11.3 Å². The number of benzene rings is 9. The van der Waals surface area contributed by atoms with E-state index >= 15 is 0 Å². The summed E-state index contributed by atoms with van der Waals surface area (Å²) in [5, 5.41) is 8.93. The first-order valence-electron chi connectivity index (χ1n) is 24.3. The van der Waals surface area contributed by atoms with Gasteiger partial charge in [-0.3, -0.25) is 0 Å². The molecule has 3 nitrogen and oxygen atoms in total. The van der Waals surface area contributed by atoms with Crippen LogP contribution in [0.25, 0.3) is 64.4 Å². The van der Waals surface area contributed by atoms with Gasteiger partial charge < -0.3 is 14.6 Å². The average Bonchev–Trinajstić information content (AvgIpc) is 4.03. The summed E-state index contributed by atoms with van der Waals surface area (Å²) in [5.74, 6) is 0. The van der Waals surface area contributed by atoms with E-state index in [0.717, 1.165) is 40.6 Å². The van der Waals surface area contributed by atoms with Crippen LogP contribution in [-0.4, -0.2) is 7.28 Å². The molecule has 0 saturated heterocycles. The first-order chi connectivity index (χ1) is 33.2. The summed E-state index contributed by atoms with van der Waals surface area (Å²) in [7, 11) is 0.782. The van der Waals surface area contributed by atoms with Crippen molar-refractivity contribution in [3.8, 4) is 22.3 Å². The Hall–Kier alpha value is -7.34. The Morgan fingerprint density at radius 1 is 0.529 bits per heavy atom. The Balaban J connectivity index is 1.05. The Kier molecular flexibility index (Phi) is 7.65.